The minimum Gasteiger partial charge on any atom is -0.480 e. The fourth-order valence-corrected chi connectivity index (χ4v) is 4.45. The van der Waals surface area contributed by atoms with Gasteiger partial charge in [0.05, 0.1) is 11.4 Å². The minimum atomic E-state index is -0.997. The number of aromatic nitrogens is 4. The van der Waals surface area contributed by atoms with Gasteiger partial charge in [0, 0.05) is 13.0 Å². The van der Waals surface area contributed by atoms with Gasteiger partial charge in [-0.1, -0.05) is 53.7 Å². The SMILES string of the molecule is Cc1ccc(-n2nnnc2SCC(=O)N2Cc3ccccc3C[C@@H]2C(=O)O)c(C)c1. The Hall–Kier alpha value is -3.20. The third-order valence-corrected chi connectivity index (χ3v) is 6.10. The van der Waals surface area contributed by atoms with Gasteiger partial charge in [0.25, 0.3) is 0 Å². The average Bonchev–Trinajstić information content (AvgIpc) is 3.19. The van der Waals surface area contributed by atoms with Crippen LogP contribution in [0.2, 0.25) is 0 Å². The van der Waals surface area contributed by atoms with Crippen LogP contribution in [-0.2, 0) is 22.6 Å². The first-order valence-corrected chi connectivity index (χ1v) is 10.5. The summed E-state index contributed by atoms with van der Waals surface area (Å²) in [4.78, 5) is 26.2. The molecule has 0 unspecified atom stereocenters. The summed E-state index contributed by atoms with van der Waals surface area (Å²) in [6.45, 7) is 4.28. The fraction of sp³-hybridized carbons (Fsp3) is 0.286. The second-order valence-corrected chi connectivity index (χ2v) is 8.24. The molecule has 0 fully saturated rings. The maximum absolute atomic E-state index is 12.9. The van der Waals surface area contributed by atoms with Crippen molar-refractivity contribution in [2.45, 2.75) is 38.0 Å². The summed E-state index contributed by atoms with van der Waals surface area (Å²) in [7, 11) is 0. The normalized spacial score (nSPS) is 15.7. The van der Waals surface area contributed by atoms with E-state index in [0.29, 0.717) is 11.6 Å². The standard InChI is InChI=1S/C21H21N5O3S/c1-13-7-8-17(14(2)9-13)26-21(22-23-24-26)30-12-19(27)25-11-16-6-4-3-5-15(16)10-18(25)20(28)29/h3-9,18H,10-12H2,1-2H3,(H,28,29)/t18-/m1/s1. The molecule has 2 heterocycles. The highest BCUT2D eigenvalue weighted by atomic mass is 32.2. The predicted octanol–water partition coefficient (Wildman–Crippen LogP) is 2.41. The largest absolute Gasteiger partial charge is 0.480 e. The van der Waals surface area contributed by atoms with E-state index in [2.05, 4.69) is 15.5 Å². The lowest BCUT2D eigenvalue weighted by molar-refractivity contribution is -0.150. The van der Waals surface area contributed by atoms with Crippen molar-refractivity contribution in [2.24, 2.45) is 0 Å². The van der Waals surface area contributed by atoms with Crippen LogP contribution in [0.5, 0.6) is 0 Å². The lowest BCUT2D eigenvalue weighted by atomic mass is 9.94. The van der Waals surface area contributed by atoms with E-state index in [9.17, 15) is 14.7 Å². The number of hydrogen-bond donors (Lipinski definition) is 1. The highest BCUT2D eigenvalue weighted by Gasteiger charge is 2.34. The Bertz CT molecular complexity index is 1110. The number of nitrogens with zero attached hydrogens (tertiary/aromatic N) is 5. The molecular weight excluding hydrogens is 402 g/mol. The molecule has 2 aromatic carbocycles. The molecule has 30 heavy (non-hydrogen) atoms. The molecular formula is C21H21N5O3S. The fourth-order valence-electron chi connectivity index (χ4n) is 3.68. The van der Waals surface area contributed by atoms with Crippen molar-refractivity contribution in [2.75, 3.05) is 5.75 Å². The van der Waals surface area contributed by atoms with E-state index in [-0.39, 0.29) is 18.2 Å². The molecule has 0 spiro atoms. The molecule has 1 amide bonds. The number of benzene rings is 2. The van der Waals surface area contributed by atoms with Crippen LogP contribution in [0, 0.1) is 13.8 Å². The van der Waals surface area contributed by atoms with Crippen LogP contribution >= 0.6 is 11.8 Å². The van der Waals surface area contributed by atoms with Crippen molar-refractivity contribution in [3.8, 4) is 5.69 Å². The van der Waals surface area contributed by atoms with Gasteiger partial charge >= 0.3 is 5.97 Å². The minimum absolute atomic E-state index is 0.0528. The Kier molecular flexibility index (Phi) is 5.54. The zero-order chi connectivity index (χ0) is 21.3. The Balaban J connectivity index is 1.51. The second-order valence-electron chi connectivity index (χ2n) is 7.30. The maximum Gasteiger partial charge on any atom is 0.326 e. The second kappa shape index (κ2) is 8.27. The van der Waals surface area contributed by atoms with E-state index in [1.165, 1.54) is 16.7 Å². The van der Waals surface area contributed by atoms with Gasteiger partial charge in [-0.2, -0.15) is 4.68 Å². The monoisotopic (exact) mass is 423 g/mol. The molecule has 9 heteroatoms. The van der Waals surface area contributed by atoms with Gasteiger partial charge in [0.1, 0.15) is 6.04 Å². The number of aryl methyl sites for hydroxylation is 2. The average molecular weight is 423 g/mol. The summed E-state index contributed by atoms with van der Waals surface area (Å²) >= 11 is 1.20. The van der Waals surface area contributed by atoms with Gasteiger partial charge in [-0.3, -0.25) is 4.79 Å². The summed E-state index contributed by atoms with van der Waals surface area (Å²) in [5, 5.41) is 22.0. The summed E-state index contributed by atoms with van der Waals surface area (Å²) < 4.78 is 1.60. The predicted molar refractivity (Wildman–Crippen MR) is 111 cm³/mol. The highest BCUT2D eigenvalue weighted by Crippen LogP contribution is 2.26. The molecule has 0 aliphatic carbocycles. The van der Waals surface area contributed by atoms with Crippen molar-refractivity contribution < 1.29 is 14.7 Å². The lowest BCUT2D eigenvalue weighted by Gasteiger charge is -2.34. The molecule has 1 aliphatic heterocycles. The van der Waals surface area contributed by atoms with Gasteiger partial charge in [0.2, 0.25) is 11.1 Å². The summed E-state index contributed by atoms with van der Waals surface area (Å²) in [5.41, 5.74) is 4.96. The highest BCUT2D eigenvalue weighted by molar-refractivity contribution is 7.99. The van der Waals surface area contributed by atoms with Crippen LogP contribution in [0.4, 0.5) is 0 Å². The molecule has 8 nitrogen and oxygen atoms in total. The van der Waals surface area contributed by atoms with Crippen molar-refractivity contribution in [1.29, 1.82) is 0 Å². The number of amides is 1. The molecule has 0 saturated carbocycles. The van der Waals surface area contributed by atoms with Crippen LogP contribution in [0.1, 0.15) is 22.3 Å². The number of thioether (sulfide) groups is 1. The first-order chi connectivity index (χ1) is 14.4. The molecule has 1 N–H and O–H groups in total. The molecule has 1 aromatic heterocycles. The molecule has 0 radical (unpaired) electrons. The molecule has 154 valence electrons. The first kappa shape index (κ1) is 20.1. The number of hydrogen-bond acceptors (Lipinski definition) is 6. The molecule has 3 aromatic rings. The van der Waals surface area contributed by atoms with E-state index in [0.717, 1.165) is 27.9 Å². The van der Waals surface area contributed by atoms with Crippen LogP contribution in [0.3, 0.4) is 0 Å². The van der Waals surface area contributed by atoms with Gasteiger partial charge in [-0.05, 0) is 47.0 Å². The summed E-state index contributed by atoms with van der Waals surface area (Å²) in [6, 6.07) is 12.7. The van der Waals surface area contributed by atoms with Crippen LogP contribution in [-0.4, -0.2) is 53.9 Å². The van der Waals surface area contributed by atoms with E-state index >= 15 is 0 Å². The third kappa shape index (κ3) is 3.93. The first-order valence-electron chi connectivity index (χ1n) is 9.52. The van der Waals surface area contributed by atoms with Crippen LogP contribution in [0.15, 0.2) is 47.6 Å². The molecule has 4 rings (SSSR count). The third-order valence-electron chi connectivity index (χ3n) is 5.20. The van der Waals surface area contributed by atoms with E-state index < -0.39 is 12.0 Å². The van der Waals surface area contributed by atoms with Gasteiger partial charge in [-0.15, -0.1) is 5.10 Å². The van der Waals surface area contributed by atoms with Crippen molar-refractivity contribution >= 4 is 23.6 Å². The molecule has 0 saturated heterocycles. The van der Waals surface area contributed by atoms with Gasteiger partial charge < -0.3 is 10.0 Å². The zero-order valence-electron chi connectivity index (χ0n) is 16.6. The summed E-state index contributed by atoms with van der Waals surface area (Å²) in [6.07, 6.45) is 0.308. The van der Waals surface area contributed by atoms with Crippen LogP contribution < -0.4 is 0 Å². The van der Waals surface area contributed by atoms with Crippen molar-refractivity contribution in [3.63, 3.8) is 0 Å². The summed E-state index contributed by atoms with van der Waals surface area (Å²) in [5.74, 6) is -1.20. The van der Waals surface area contributed by atoms with Crippen LogP contribution in [0.25, 0.3) is 5.69 Å². The number of carbonyl (C=O) groups is 2. The quantitative estimate of drug-likeness (QED) is 0.629. The van der Waals surface area contributed by atoms with E-state index in [1.54, 1.807) is 4.68 Å². The van der Waals surface area contributed by atoms with E-state index in [1.807, 2.05) is 56.3 Å². The zero-order valence-corrected chi connectivity index (χ0v) is 17.5. The topological polar surface area (TPSA) is 101 Å². The van der Waals surface area contributed by atoms with Gasteiger partial charge in [-0.25, -0.2) is 4.79 Å². The molecule has 0 bridgehead atoms. The van der Waals surface area contributed by atoms with Gasteiger partial charge in [0.15, 0.2) is 0 Å². The number of fused-ring (bicyclic) bond motifs is 1. The molecule has 1 atom stereocenters. The van der Waals surface area contributed by atoms with E-state index in [4.69, 9.17) is 0 Å². The number of tetrazole rings is 1. The molecule has 1 aliphatic rings. The number of carboxylic acids is 1. The van der Waals surface area contributed by atoms with Crippen molar-refractivity contribution in [3.05, 3.63) is 64.7 Å². The number of rotatable bonds is 5. The number of aliphatic carboxylic acids is 1. The Morgan fingerprint density at radius 3 is 2.67 bits per heavy atom. The number of carbonyl (C=O) groups excluding carboxylic acids is 1. The maximum atomic E-state index is 12.9. The smallest absolute Gasteiger partial charge is 0.326 e. The Labute approximate surface area is 177 Å². The Morgan fingerprint density at radius 2 is 1.93 bits per heavy atom. The van der Waals surface area contributed by atoms with Crippen molar-refractivity contribution in [1.82, 2.24) is 25.1 Å². The number of carboxylic acid groups (broad SMARTS) is 1. The lowest BCUT2D eigenvalue weighted by Crippen LogP contribution is -2.49. The Morgan fingerprint density at radius 1 is 1.17 bits per heavy atom.